The molecule has 0 spiro atoms. The molecule has 1 aromatic heterocycles. The number of nitrogens with one attached hydrogen (secondary N) is 1. The summed E-state index contributed by atoms with van der Waals surface area (Å²) in [6, 6.07) is 6.97. The number of carbonyl (C=O) groups excluding carboxylic acids is 1. The van der Waals surface area contributed by atoms with Crippen LogP contribution in [0.2, 0.25) is 0 Å². The van der Waals surface area contributed by atoms with E-state index in [4.69, 9.17) is 0 Å². The van der Waals surface area contributed by atoms with Gasteiger partial charge < -0.3 is 10.4 Å². The summed E-state index contributed by atoms with van der Waals surface area (Å²) in [6.07, 6.45) is 0. The Morgan fingerprint density at radius 2 is 2.06 bits per heavy atom. The molecule has 0 saturated carbocycles. The average Bonchev–Trinajstić information content (AvgIpc) is 2.55. The lowest BCUT2D eigenvalue weighted by molar-refractivity contribution is -0.114. The Morgan fingerprint density at radius 1 is 1.39 bits per heavy atom. The van der Waals surface area contributed by atoms with Gasteiger partial charge in [-0.15, -0.1) is 0 Å². The number of hydrogen-bond acceptors (Lipinski definition) is 3. The zero-order chi connectivity index (χ0) is 13.3. The Morgan fingerprint density at radius 3 is 2.67 bits per heavy atom. The van der Waals surface area contributed by atoms with Crippen LogP contribution in [-0.2, 0) is 11.8 Å². The highest BCUT2D eigenvalue weighted by Crippen LogP contribution is 2.35. The molecule has 0 unspecified atom stereocenters. The van der Waals surface area contributed by atoms with E-state index in [9.17, 15) is 9.90 Å². The van der Waals surface area contributed by atoms with Gasteiger partial charge in [0.25, 0.3) is 0 Å². The molecule has 0 aliphatic carbocycles. The van der Waals surface area contributed by atoms with Gasteiger partial charge in [0.05, 0.1) is 17.1 Å². The summed E-state index contributed by atoms with van der Waals surface area (Å²) < 4.78 is 1.65. The number of carbonyl (C=O) groups is 1. The third-order valence-electron chi connectivity index (χ3n) is 2.68. The fraction of sp³-hybridized carbons (Fsp3) is 0.231. The van der Waals surface area contributed by atoms with Crippen molar-refractivity contribution in [1.29, 1.82) is 0 Å². The number of aryl methyl sites for hydroxylation is 2. The minimum Gasteiger partial charge on any atom is -0.507 e. The van der Waals surface area contributed by atoms with E-state index < -0.39 is 0 Å². The number of phenolic OH excluding ortho intramolecular Hbond substituents is 1. The fourth-order valence-corrected chi connectivity index (χ4v) is 1.97. The molecule has 5 heteroatoms. The normalized spacial score (nSPS) is 10.4. The van der Waals surface area contributed by atoms with E-state index in [1.54, 1.807) is 29.9 Å². The predicted molar refractivity (Wildman–Crippen MR) is 69.3 cm³/mol. The van der Waals surface area contributed by atoms with Crippen LogP contribution < -0.4 is 5.32 Å². The van der Waals surface area contributed by atoms with Gasteiger partial charge in [-0.2, -0.15) is 5.10 Å². The Bertz CT molecular complexity index is 602. The largest absolute Gasteiger partial charge is 0.507 e. The number of hydrogen-bond donors (Lipinski definition) is 2. The van der Waals surface area contributed by atoms with Crippen LogP contribution in [0.1, 0.15) is 12.6 Å². The molecule has 1 heterocycles. The summed E-state index contributed by atoms with van der Waals surface area (Å²) in [5, 5.41) is 16.9. The number of benzene rings is 1. The molecular weight excluding hydrogens is 230 g/mol. The standard InChI is InChI=1S/C13H15N3O2/c1-8-12(14-9(2)17)13(16(3)15-8)10-6-4-5-7-11(10)18/h4-7,18H,1-3H3,(H,14,17). The highest BCUT2D eigenvalue weighted by atomic mass is 16.3. The van der Waals surface area contributed by atoms with Crippen LogP contribution in [-0.4, -0.2) is 20.8 Å². The number of rotatable bonds is 2. The lowest BCUT2D eigenvalue weighted by Crippen LogP contribution is -2.07. The maximum absolute atomic E-state index is 11.2. The Hall–Kier alpha value is -2.30. The first-order valence-electron chi connectivity index (χ1n) is 5.60. The number of para-hydroxylation sites is 1. The van der Waals surface area contributed by atoms with Crippen molar-refractivity contribution in [1.82, 2.24) is 9.78 Å². The fourth-order valence-electron chi connectivity index (χ4n) is 1.97. The molecule has 94 valence electrons. The second-order valence-electron chi connectivity index (χ2n) is 4.13. The molecule has 0 bridgehead atoms. The van der Waals surface area contributed by atoms with Gasteiger partial charge in [0.2, 0.25) is 5.91 Å². The van der Waals surface area contributed by atoms with Crippen molar-refractivity contribution in [3.63, 3.8) is 0 Å². The third kappa shape index (κ3) is 2.07. The lowest BCUT2D eigenvalue weighted by Gasteiger charge is -2.08. The monoisotopic (exact) mass is 245 g/mol. The second kappa shape index (κ2) is 4.52. The quantitative estimate of drug-likeness (QED) is 0.851. The summed E-state index contributed by atoms with van der Waals surface area (Å²) in [7, 11) is 1.78. The average molecular weight is 245 g/mol. The van der Waals surface area contributed by atoms with Gasteiger partial charge in [-0.05, 0) is 19.1 Å². The summed E-state index contributed by atoms with van der Waals surface area (Å²) in [5.41, 5.74) is 2.68. The molecule has 0 fully saturated rings. The Balaban J connectivity index is 2.63. The van der Waals surface area contributed by atoms with Crippen LogP contribution in [0.4, 0.5) is 5.69 Å². The number of aromatic hydroxyl groups is 1. The summed E-state index contributed by atoms with van der Waals surface area (Å²) in [5.74, 6) is -0.00475. The van der Waals surface area contributed by atoms with Crippen LogP contribution in [0.5, 0.6) is 5.75 Å². The van der Waals surface area contributed by atoms with Gasteiger partial charge >= 0.3 is 0 Å². The van der Waals surface area contributed by atoms with Crippen molar-refractivity contribution in [2.75, 3.05) is 5.32 Å². The smallest absolute Gasteiger partial charge is 0.221 e. The van der Waals surface area contributed by atoms with E-state index in [0.29, 0.717) is 22.6 Å². The van der Waals surface area contributed by atoms with Crippen LogP contribution in [0.15, 0.2) is 24.3 Å². The highest BCUT2D eigenvalue weighted by molar-refractivity contribution is 5.94. The zero-order valence-electron chi connectivity index (χ0n) is 10.6. The first kappa shape index (κ1) is 12.2. The van der Waals surface area contributed by atoms with Crippen LogP contribution in [0, 0.1) is 6.92 Å². The molecule has 1 aromatic carbocycles. The molecular formula is C13H15N3O2. The molecule has 0 atom stereocenters. The SMILES string of the molecule is CC(=O)Nc1c(C)nn(C)c1-c1ccccc1O. The maximum atomic E-state index is 11.2. The van der Waals surface area contributed by atoms with Crippen LogP contribution >= 0.6 is 0 Å². The van der Waals surface area contributed by atoms with E-state index in [1.807, 2.05) is 13.0 Å². The highest BCUT2D eigenvalue weighted by Gasteiger charge is 2.18. The third-order valence-corrected chi connectivity index (χ3v) is 2.68. The van der Waals surface area contributed by atoms with Crippen molar-refractivity contribution in [3.8, 4) is 17.0 Å². The summed E-state index contributed by atoms with van der Waals surface area (Å²) in [4.78, 5) is 11.2. The summed E-state index contributed by atoms with van der Waals surface area (Å²) in [6.45, 7) is 3.26. The van der Waals surface area contributed by atoms with E-state index in [1.165, 1.54) is 6.92 Å². The van der Waals surface area contributed by atoms with Gasteiger partial charge in [-0.3, -0.25) is 9.48 Å². The lowest BCUT2D eigenvalue weighted by atomic mass is 10.1. The minimum atomic E-state index is -0.164. The maximum Gasteiger partial charge on any atom is 0.221 e. The topological polar surface area (TPSA) is 67.2 Å². The molecule has 0 radical (unpaired) electrons. The van der Waals surface area contributed by atoms with Gasteiger partial charge in [0.1, 0.15) is 5.75 Å². The molecule has 0 aliphatic rings. The number of nitrogens with zero attached hydrogens (tertiary/aromatic N) is 2. The number of amides is 1. The molecule has 2 N–H and O–H groups in total. The van der Waals surface area contributed by atoms with Gasteiger partial charge in [0, 0.05) is 19.5 Å². The molecule has 18 heavy (non-hydrogen) atoms. The van der Waals surface area contributed by atoms with Crippen LogP contribution in [0.25, 0.3) is 11.3 Å². The molecule has 5 nitrogen and oxygen atoms in total. The first-order valence-corrected chi connectivity index (χ1v) is 5.60. The summed E-state index contributed by atoms with van der Waals surface area (Å²) >= 11 is 0. The first-order chi connectivity index (χ1) is 8.50. The van der Waals surface area contributed by atoms with Crippen molar-refractivity contribution in [3.05, 3.63) is 30.0 Å². The molecule has 0 saturated heterocycles. The van der Waals surface area contributed by atoms with E-state index in [-0.39, 0.29) is 11.7 Å². The molecule has 2 aromatic rings. The molecule has 1 amide bonds. The van der Waals surface area contributed by atoms with Crippen molar-refractivity contribution in [2.24, 2.45) is 7.05 Å². The van der Waals surface area contributed by atoms with Crippen molar-refractivity contribution < 1.29 is 9.90 Å². The minimum absolute atomic E-state index is 0.159. The Labute approximate surface area is 105 Å². The van der Waals surface area contributed by atoms with E-state index in [0.717, 1.165) is 0 Å². The molecule has 2 rings (SSSR count). The van der Waals surface area contributed by atoms with Gasteiger partial charge in [-0.25, -0.2) is 0 Å². The number of anilines is 1. The number of phenols is 1. The van der Waals surface area contributed by atoms with Gasteiger partial charge in [-0.1, -0.05) is 12.1 Å². The number of aromatic nitrogens is 2. The van der Waals surface area contributed by atoms with Crippen LogP contribution in [0.3, 0.4) is 0 Å². The predicted octanol–water partition coefficient (Wildman–Crippen LogP) is 2.06. The van der Waals surface area contributed by atoms with E-state index in [2.05, 4.69) is 10.4 Å². The van der Waals surface area contributed by atoms with Crippen molar-refractivity contribution >= 4 is 11.6 Å². The zero-order valence-corrected chi connectivity index (χ0v) is 10.6. The van der Waals surface area contributed by atoms with E-state index >= 15 is 0 Å². The molecule has 0 aliphatic heterocycles. The van der Waals surface area contributed by atoms with Gasteiger partial charge in [0.15, 0.2) is 0 Å². The Kier molecular flexibility index (Phi) is 3.06. The second-order valence-corrected chi connectivity index (χ2v) is 4.13. The van der Waals surface area contributed by atoms with Crippen molar-refractivity contribution in [2.45, 2.75) is 13.8 Å².